The summed E-state index contributed by atoms with van der Waals surface area (Å²) in [5.41, 5.74) is 2.82. The number of hydrogen-bond donors (Lipinski definition) is 1. The van der Waals surface area contributed by atoms with Crippen LogP contribution in [0, 0.1) is 0 Å². The summed E-state index contributed by atoms with van der Waals surface area (Å²) in [6, 6.07) is 10.1. The molecule has 0 aliphatic carbocycles. The van der Waals surface area contributed by atoms with Gasteiger partial charge in [-0.1, -0.05) is 30.3 Å². The van der Waals surface area contributed by atoms with Crippen molar-refractivity contribution in [3.8, 4) is 11.3 Å². The van der Waals surface area contributed by atoms with E-state index in [1.807, 2.05) is 42.2 Å². The van der Waals surface area contributed by atoms with Crippen LogP contribution < -0.4 is 14.7 Å². The number of benzene rings is 1. The first kappa shape index (κ1) is 26.5. The maximum Gasteiger partial charge on any atom is 0.229 e. The van der Waals surface area contributed by atoms with Crippen molar-refractivity contribution in [3.05, 3.63) is 30.3 Å². The number of fused-ring (bicyclic) bond motifs is 1. The predicted molar refractivity (Wildman–Crippen MR) is 150 cm³/mol. The second-order valence-corrected chi connectivity index (χ2v) is 10.5. The van der Waals surface area contributed by atoms with Gasteiger partial charge in [0.25, 0.3) is 0 Å². The number of aliphatic hydroxyl groups is 1. The van der Waals surface area contributed by atoms with Gasteiger partial charge >= 0.3 is 0 Å². The molecular formula is C28H39N7O3. The smallest absolute Gasteiger partial charge is 0.229 e. The van der Waals surface area contributed by atoms with Crippen LogP contribution in [-0.2, 0) is 9.47 Å². The molecule has 5 atom stereocenters. The van der Waals surface area contributed by atoms with Crippen LogP contribution in [0.15, 0.2) is 30.3 Å². The van der Waals surface area contributed by atoms with Crippen molar-refractivity contribution in [2.24, 2.45) is 0 Å². The van der Waals surface area contributed by atoms with Gasteiger partial charge in [-0.3, -0.25) is 0 Å². The molecule has 2 aliphatic heterocycles. The zero-order valence-corrected chi connectivity index (χ0v) is 23.2. The Morgan fingerprint density at radius 2 is 1.45 bits per heavy atom. The van der Waals surface area contributed by atoms with Gasteiger partial charge in [-0.15, -0.1) is 0 Å². The largest absolute Gasteiger partial charge is 0.374 e. The van der Waals surface area contributed by atoms with Crippen molar-refractivity contribution >= 4 is 28.7 Å². The van der Waals surface area contributed by atoms with E-state index in [-0.39, 0.29) is 24.4 Å². The van der Waals surface area contributed by atoms with Crippen molar-refractivity contribution in [1.29, 1.82) is 0 Å². The molecular weight excluding hydrogens is 482 g/mol. The third-order valence-electron chi connectivity index (χ3n) is 7.02. The fourth-order valence-electron chi connectivity index (χ4n) is 5.55. The van der Waals surface area contributed by atoms with Gasteiger partial charge < -0.3 is 29.3 Å². The number of anilines is 3. The van der Waals surface area contributed by atoms with Crippen molar-refractivity contribution in [2.75, 3.05) is 47.4 Å². The number of hydrogen-bond acceptors (Lipinski definition) is 10. The molecule has 0 amide bonds. The number of rotatable bonds is 6. The van der Waals surface area contributed by atoms with Crippen LogP contribution in [0.25, 0.3) is 22.4 Å². The molecule has 5 unspecified atom stereocenters. The summed E-state index contributed by atoms with van der Waals surface area (Å²) in [4.78, 5) is 26.5. The Morgan fingerprint density at radius 1 is 0.868 bits per heavy atom. The lowest BCUT2D eigenvalue weighted by Crippen LogP contribution is -2.46. The van der Waals surface area contributed by atoms with Gasteiger partial charge in [-0.2, -0.15) is 9.97 Å². The van der Waals surface area contributed by atoms with Crippen molar-refractivity contribution in [3.63, 3.8) is 0 Å². The molecule has 3 aromatic rings. The van der Waals surface area contributed by atoms with Gasteiger partial charge in [-0.05, 0) is 41.5 Å². The number of aromatic nitrogens is 4. The fourth-order valence-corrected chi connectivity index (χ4v) is 5.55. The van der Waals surface area contributed by atoms with E-state index in [4.69, 9.17) is 29.4 Å². The summed E-state index contributed by atoms with van der Waals surface area (Å²) in [5, 5.41) is 10.7. The van der Waals surface area contributed by atoms with Crippen LogP contribution in [0.3, 0.4) is 0 Å². The van der Waals surface area contributed by atoms with Crippen molar-refractivity contribution in [1.82, 2.24) is 19.9 Å². The van der Waals surface area contributed by atoms with Gasteiger partial charge in [0.1, 0.15) is 11.9 Å². The highest BCUT2D eigenvalue weighted by atomic mass is 16.5. The Bertz CT molecular complexity index is 1240. The maximum atomic E-state index is 10.7. The van der Waals surface area contributed by atoms with E-state index in [0.717, 1.165) is 17.1 Å². The predicted octanol–water partition coefficient (Wildman–Crippen LogP) is 3.48. The van der Waals surface area contributed by atoms with E-state index < -0.39 is 6.23 Å². The molecule has 2 saturated heterocycles. The third-order valence-corrected chi connectivity index (χ3v) is 7.02. The summed E-state index contributed by atoms with van der Waals surface area (Å²) in [5.74, 6) is 1.93. The Balaban J connectivity index is 1.74. The summed E-state index contributed by atoms with van der Waals surface area (Å²) in [6.45, 7) is 15.4. The molecule has 0 saturated carbocycles. The van der Waals surface area contributed by atoms with Crippen LogP contribution >= 0.6 is 0 Å². The summed E-state index contributed by atoms with van der Waals surface area (Å²) >= 11 is 0. The lowest BCUT2D eigenvalue weighted by molar-refractivity contribution is -0.00580. The van der Waals surface area contributed by atoms with Gasteiger partial charge in [0.05, 0.1) is 24.4 Å². The minimum Gasteiger partial charge on any atom is -0.374 e. The molecule has 2 fully saturated rings. The standard InChI is InChI=1S/C28H39N7O3/c1-7-35(21(6)36)27-24-25(31-28(32-27)34-15-19(4)38-20(5)16-34)30-26(33-13-17(2)37-18(3)14-33)23(29-24)22-11-9-8-10-12-22/h8-12,17-21,36H,7,13-16H2,1-6H3. The molecule has 1 N–H and O–H groups in total. The monoisotopic (exact) mass is 521 g/mol. The summed E-state index contributed by atoms with van der Waals surface area (Å²) < 4.78 is 12.0. The minimum atomic E-state index is -0.754. The molecule has 0 bridgehead atoms. The molecule has 204 valence electrons. The van der Waals surface area contributed by atoms with Crippen LogP contribution in [0.4, 0.5) is 17.6 Å². The molecule has 10 heteroatoms. The van der Waals surface area contributed by atoms with E-state index >= 15 is 0 Å². The van der Waals surface area contributed by atoms with Gasteiger partial charge in [0.15, 0.2) is 22.8 Å². The van der Waals surface area contributed by atoms with E-state index in [0.29, 0.717) is 55.7 Å². The molecule has 5 rings (SSSR count). The molecule has 10 nitrogen and oxygen atoms in total. The average Bonchev–Trinajstić information content (AvgIpc) is 2.87. The highest BCUT2D eigenvalue weighted by Crippen LogP contribution is 2.35. The first-order chi connectivity index (χ1) is 18.2. The molecule has 4 heterocycles. The second-order valence-electron chi connectivity index (χ2n) is 10.5. The van der Waals surface area contributed by atoms with Gasteiger partial charge in [0, 0.05) is 38.3 Å². The van der Waals surface area contributed by atoms with Crippen molar-refractivity contribution in [2.45, 2.75) is 72.2 Å². The number of ether oxygens (including phenoxy) is 2. The number of morpholine rings is 2. The SMILES string of the molecule is CCN(c1nc(N2CC(C)OC(C)C2)nc2nc(N3CC(C)OC(C)C3)c(-c3ccccc3)nc12)C(C)O. The second kappa shape index (κ2) is 11.0. The van der Waals surface area contributed by atoms with Crippen LogP contribution in [0.2, 0.25) is 0 Å². The average molecular weight is 522 g/mol. The van der Waals surface area contributed by atoms with Gasteiger partial charge in [0.2, 0.25) is 5.95 Å². The highest BCUT2D eigenvalue weighted by Gasteiger charge is 2.30. The maximum absolute atomic E-state index is 10.7. The van der Waals surface area contributed by atoms with E-state index in [1.165, 1.54) is 0 Å². The Labute approximate surface area is 224 Å². The van der Waals surface area contributed by atoms with Crippen LogP contribution in [0.5, 0.6) is 0 Å². The molecule has 1 aromatic carbocycles. The van der Waals surface area contributed by atoms with Gasteiger partial charge in [-0.25, -0.2) is 9.97 Å². The quantitative estimate of drug-likeness (QED) is 0.485. The topological polar surface area (TPSA) is 100.0 Å². The molecule has 2 aromatic heterocycles. The van der Waals surface area contributed by atoms with E-state index in [2.05, 4.69) is 37.5 Å². The third kappa shape index (κ3) is 5.39. The first-order valence-electron chi connectivity index (χ1n) is 13.6. The Hall–Kier alpha value is -3.08. The summed E-state index contributed by atoms with van der Waals surface area (Å²) in [6.07, 6.45) is -0.508. The first-order valence-corrected chi connectivity index (χ1v) is 13.6. The molecule has 0 radical (unpaired) electrons. The normalized spacial score (nSPS) is 25.0. The van der Waals surface area contributed by atoms with Crippen molar-refractivity contribution < 1.29 is 14.6 Å². The van der Waals surface area contributed by atoms with Crippen LogP contribution in [0.1, 0.15) is 41.5 Å². The summed E-state index contributed by atoms with van der Waals surface area (Å²) in [7, 11) is 0. The molecule has 2 aliphatic rings. The molecule has 0 spiro atoms. The van der Waals surface area contributed by atoms with Crippen LogP contribution in [-0.4, -0.2) is 88.4 Å². The lowest BCUT2D eigenvalue weighted by atomic mass is 10.1. The fraction of sp³-hybridized carbons (Fsp3) is 0.571. The molecule has 38 heavy (non-hydrogen) atoms. The number of aliphatic hydroxyl groups excluding tert-OH is 1. The lowest BCUT2D eigenvalue weighted by Gasteiger charge is -2.37. The zero-order valence-electron chi connectivity index (χ0n) is 23.2. The Kier molecular flexibility index (Phi) is 7.65. The zero-order chi connectivity index (χ0) is 27.0. The highest BCUT2D eigenvalue weighted by molar-refractivity contribution is 5.89. The minimum absolute atomic E-state index is 0.0546. The van der Waals surface area contributed by atoms with E-state index in [1.54, 1.807) is 6.92 Å². The number of nitrogens with zero attached hydrogens (tertiary/aromatic N) is 7. The Morgan fingerprint density at radius 3 is 2.00 bits per heavy atom. The van der Waals surface area contributed by atoms with E-state index in [9.17, 15) is 5.11 Å².